The highest BCUT2D eigenvalue weighted by Gasteiger charge is 2.43. The van der Waals surface area contributed by atoms with E-state index in [9.17, 15) is 12.8 Å². The summed E-state index contributed by atoms with van der Waals surface area (Å²) >= 11 is 0. The molecule has 152 valence electrons. The highest BCUT2D eigenvalue weighted by molar-refractivity contribution is 7.89. The first-order valence-electron chi connectivity index (χ1n) is 9.49. The van der Waals surface area contributed by atoms with Crippen LogP contribution in [0.5, 0.6) is 0 Å². The Morgan fingerprint density at radius 3 is 2.38 bits per heavy atom. The molecule has 6 nitrogen and oxygen atoms in total. The number of aryl methyl sites for hydroxylation is 2. The van der Waals surface area contributed by atoms with Crippen molar-refractivity contribution in [1.29, 1.82) is 0 Å². The zero-order chi connectivity index (χ0) is 20.6. The number of halogens is 1. The quantitative estimate of drug-likeness (QED) is 0.630. The van der Waals surface area contributed by atoms with E-state index in [2.05, 4.69) is 10.1 Å². The Labute approximate surface area is 169 Å². The Bertz CT molecular complexity index is 1090. The Morgan fingerprint density at radius 2 is 1.76 bits per heavy atom. The van der Waals surface area contributed by atoms with Crippen LogP contribution < -0.4 is 0 Å². The van der Waals surface area contributed by atoms with E-state index < -0.39 is 10.0 Å². The molecule has 1 aliphatic heterocycles. The highest BCUT2D eigenvalue weighted by Crippen LogP contribution is 2.41. The van der Waals surface area contributed by atoms with E-state index in [1.54, 1.807) is 43.3 Å². The number of benzene rings is 2. The summed E-state index contributed by atoms with van der Waals surface area (Å²) in [5.41, 5.74) is 1.76. The number of hydrogen-bond acceptors (Lipinski definition) is 5. The molecule has 29 heavy (non-hydrogen) atoms. The van der Waals surface area contributed by atoms with Gasteiger partial charge in [0.2, 0.25) is 15.9 Å². The first-order chi connectivity index (χ1) is 13.8. The summed E-state index contributed by atoms with van der Waals surface area (Å²) in [6.07, 6.45) is 1.65. The van der Waals surface area contributed by atoms with Crippen LogP contribution in [0.4, 0.5) is 4.39 Å². The van der Waals surface area contributed by atoms with Crippen molar-refractivity contribution in [2.75, 3.05) is 0 Å². The molecule has 2 atom stereocenters. The van der Waals surface area contributed by atoms with Crippen molar-refractivity contribution < 1.29 is 17.3 Å². The number of rotatable bonds is 5. The first-order valence-corrected chi connectivity index (χ1v) is 10.9. The SMILES string of the molecule is Cc1ccc(S(=O)(=O)N2C(Cc3noc(C)n3)CCC2c2ccc(F)cc2)cc1. The van der Waals surface area contributed by atoms with Gasteiger partial charge < -0.3 is 4.52 Å². The summed E-state index contributed by atoms with van der Waals surface area (Å²) in [5, 5.41) is 3.93. The van der Waals surface area contributed by atoms with Gasteiger partial charge in [0.1, 0.15) is 5.82 Å². The van der Waals surface area contributed by atoms with Crippen LogP contribution in [0.25, 0.3) is 0 Å². The van der Waals surface area contributed by atoms with Gasteiger partial charge in [-0.05, 0) is 49.6 Å². The van der Waals surface area contributed by atoms with Crippen molar-refractivity contribution in [1.82, 2.24) is 14.4 Å². The molecule has 1 aliphatic rings. The minimum atomic E-state index is -3.77. The molecule has 1 fully saturated rings. The van der Waals surface area contributed by atoms with Crippen molar-refractivity contribution in [2.24, 2.45) is 0 Å². The lowest BCUT2D eigenvalue weighted by Gasteiger charge is -2.29. The average molecular weight is 415 g/mol. The van der Waals surface area contributed by atoms with Gasteiger partial charge in [-0.15, -0.1) is 0 Å². The van der Waals surface area contributed by atoms with Crippen LogP contribution in [-0.2, 0) is 16.4 Å². The van der Waals surface area contributed by atoms with Gasteiger partial charge in [0, 0.05) is 19.4 Å². The van der Waals surface area contributed by atoms with Crippen LogP contribution in [-0.4, -0.2) is 28.9 Å². The number of sulfonamides is 1. The smallest absolute Gasteiger partial charge is 0.243 e. The van der Waals surface area contributed by atoms with Gasteiger partial charge in [0.15, 0.2) is 5.82 Å². The van der Waals surface area contributed by atoms with Crippen molar-refractivity contribution in [3.05, 3.63) is 77.2 Å². The maximum absolute atomic E-state index is 13.6. The largest absolute Gasteiger partial charge is 0.340 e. The second-order valence-electron chi connectivity index (χ2n) is 7.38. The molecule has 2 unspecified atom stereocenters. The van der Waals surface area contributed by atoms with Gasteiger partial charge in [-0.25, -0.2) is 12.8 Å². The molecule has 0 amide bonds. The molecule has 3 aromatic rings. The van der Waals surface area contributed by atoms with Crippen LogP contribution in [0.15, 0.2) is 57.9 Å². The third-order valence-electron chi connectivity index (χ3n) is 5.28. The number of hydrogen-bond donors (Lipinski definition) is 0. The van der Waals surface area contributed by atoms with E-state index in [0.717, 1.165) is 11.1 Å². The molecule has 0 spiro atoms. The molecule has 0 bridgehead atoms. The van der Waals surface area contributed by atoms with Crippen molar-refractivity contribution in [3.8, 4) is 0 Å². The van der Waals surface area contributed by atoms with Crippen LogP contribution in [0.3, 0.4) is 0 Å². The van der Waals surface area contributed by atoms with Crippen LogP contribution in [0, 0.1) is 19.7 Å². The monoisotopic (exact) mass is 415 g/mol. The molecule has 1 aromatic heterocycles. The Hall–Kier alpha value is -2.58. The summed E-state index contributed by atoms with van der Waals surface area (Å²) in [6, 6.07) is 12.2. The molecule has 8 heteroatoms. The number of aromatic nitrogens is 2. The molecule has 0 aliphatic carbocycles. The molecule has 0 saturated carbocycles. The summed E-state index contributed by atoms with van der Waals surface area (Å²) in [4.78, 5) is 4.48. The molecule has 0 radical (unpaired) electrons. The molecule has 4 rings (SSSR count). The fraction of sp³-hybridized carbons (Fsp3) is 0.333. The predicted octanol–water partition coefficient (Wildman–Crippen LogP) is 3.96. The minimum Gasteiger partial charge on any atom is -0.340 e. The molecule has 1 saturated heterocycles. The zero-order valence-corrected chi connectivity index (χ0v) is 17.1. The van der Waals surface area contributed by atoms with E-state index in [4.69, 9.17) is 4.52 Å². The standard InChI is InChI=1S/C21H22FN3O3S/c1-14-3-10-19(11-4-14)29(26,27)25-18(13-21-23-15(2)28-24-21)9-12-20(25)16-5-7-17(22)8-6-16/h3-8,10-11,18,20H,9,12-13H2,1-2H3. The normalized spacial score (nSPS) is 20.2. The zero-order valence-electron chi connectivity index (χ0n) is 16.2. The van der Waals surface area contributed by atoms with Crippen molar-refractivity contribution in [2.45, 2.75) is 50.1 Å². The maximum atomic E-state index is 13.6. The fourth-order valence-corrected chi connectivity index (χ4v) is 5.74. The third-order valence-corrected chi connectivity index (χ3v) is 7.25. The Morgan fingerprint density at radius 1 is 1.07 bits per heavy atom. The fourth-order valence-electron chi connectivity index (χ4n) is 3.88. The summed E-state index contributed by atoms with van der Waals surface area (Å²) < 4.78 is 47.2. The molecule has 0 N–H and O–H groups in total. The molecular weight excluding hydrogens is 393 g/mol. The van der Waals surface area contributed by atoms with Gasteiger partial charge in [0.25, 0.3) is 0 Å². The van der Waals surface area contributed by atoms with Gasteiger partial charge in [-0.2, -0.15) is 9.29 Å². The Kier molecular flexibility index (Phi) is 5.23. The van der Waals surface area contributed by atoms with E-state index >= 15 is 0 Å². The van der Waals surface area contributed by atoms with Crippen molar-refractivity contribution in [3.63, 3.8) is 0 Å². The van der Waals surface area contributed by atoms with Crippen LogP contribution in [0.1, 0.15) is 41.7 Å². The van der Waals surface area contributed by atoms with Gasteiger partial charge in [-0.3, -0.25) is 0 Å². The van der Waals surface area contributed by atoms with Crippen LogP contribution >= 0.6 is 0 Å². The summed E-state index contributed by atoms with van der Waals surface area (Å²) in [7, 11) is -3.77. The molecule has 2 aromatic carbocycles. The third kappa shape index (κ3) is 3.95. The second kappa shape index (κ2) is 7.68. The lowest BCUT2D eigenvalue weighted by molar-refractivity contribution is 0.316. The Balaban J connectivity index is 1.74. The molecular formula is C21H22FN3O3S. The topological polar surface area (TPSA) is 76.3 Å². The van der Waals surface area contributed by atoms with Crippen LogP contribution in [0.2, 0.25) is 0 Å². The first kappa shape index (κ1) is 19.7. The van der Waals surface area contributed by atoms with Crippen molar-refractivity contribution >= 4 is 10.0 Å². The van der Waals surface area contributed by atoms with E-state index in [1.165, 1.54) is 16.4 Å². The minimum absolute atomic E-state index is 0.242. The number of nitrogens with zero attached hydrogens (tertiary/aromatic N) is 3. The summed E-state index contributed by atoms with van der Waals surface area (Å²) in [5.74, 6) is 0.580. The van der Waals surface area contributed by atoms with E-state index in [1.807, 2.05) is 6.92 Å². The van der Waals surface area contributed by atoms with E-state index in [-0.39, 0.29) is 22.8 Å². The van der Waals surface area contributed by atoms with Gasteiger partial charge in [0.05, 0.1) is 10.9 Å². The maximum Gasteiger partial charge on any atom is 0.243 e. The second-order valence-corrected chi connectivity index (χ2v) is 9.22. The predicted molar refractivity (Wildman–Crippen MR) is 105 cm³/mol. The van der Waals surface area contributed by atoms with Gasteiger partial charge in [-0.1, -0.05) is 35.0 Å². The van der Waals surface area contributed by atoms with E-state index in [0.29, 0.717) is 31.0 Å². The highest BCUT2D eigenvalue weighted by atomic mass is 32.2. The lowest BCUT2D eigenvalue weighted by Crippen LogP contribution is -2.38. The average Bonchev–Trinajstić information content (AvgIpc) is 3.29. The lowest BCUT2D eigenvalue weighted by atomic mass is 10.1. The van der Waals surface area contributed by atoms with Gasteiger partial charge >= 0.3 is 0 Å². The summed E-state index contributed by atoms with van der Waals surface area (Å²) in [6.45, 7) is 3.61. The molecule has 2 heterocycles.